The van der Waals surface area contributed by atoms with Gasteiger partial charge in [0.05, 0.1) is 0 Å². The third-order valence-electron chi connectivity index (χ3n) is 2.19. The zero-order valence-corrected chi connectivity index (χ0v) is 15.2. The van der Waals surface area contributed by atoms with E-state index in [1.54, 1.807) is 0 Å². The van der Waals surface area contributed by atoms with E-state index in [9.17, 15) is 13.2 Å². The van der Waals surface area contributed by atoms with E-state index in [-0.39, 0.29) is 21.7 Å². The van der Waals surface area contributed by atoms with E-state index in [1.165, 1.54) is 23.6 Å². The van der Waals surface area contributed by atoms with E-state index in [4.69, 9.17) is 5.26 Å². The number of benzene rings is 1. The van der Waals surface area contributed by atoms with E-state index in [2.05, 4.69) is 43.0 Å². The van der Waals surface area contributed by atoms with Crippen LogP contribution in [0.15, 0.2) is 60.7 Å². The van der Waals surface area contributed by atoms with Crippen molar-refractivity contribution in [3.05, 3.63) is 84.5 Å². The van der Waals surface area contributed by atoms with Crippen LogP contribution < -0.4 is 0 Å². The number of nitriles is 1. The van der Waals surface area contributed by atoms with Gasteiger partial charge in [-0.05, 0) is 0 Å². The van der Waals surface area contributed by atoms with Crippen LogP contribution in [0, 0.1) is 28.9 Å². The second kappa shape index (κ2) is 16.4. The number of thiocyanates is 1. The largest absolute Gasteiger partial charge is 3.00 e. The summed E-state index contributed by atoms with van der Waals surface area (Å²) in [5, 5.41) is 8.63. The summed E-state index contributed by atoms with van der Waals surface area (Å²) in [7, 11) is 0. The van der Waals surface area contributed by atoms with Gasteiger partial charge in [-0.25, -0.2) is 24.3 Å². The summed E-state index contributed by atoms with van der Waals surface area (Å²) >= 11 is 3.09. The molecule has 0 N–H and O–H groups in total. The maximum absolute atomic E-state index is 11.8. The van der Waals surface area contributed by atoms with Crippen LogP contribution in [0.1, 0.15) is 18.4 Å². The van der Waals surface area contributed by atoms with Crippen LogP contribution in [0.2, 0.25) is 0 Å². The summed E-state index contributed by atoms with van der Waals surface area (Å²) in [5.74, 6) is 0. The van der Waals surface area contributed by atoms with Gasteiger partial charge in [0.15, 0.2) is 0 Å². The van der Waals surface area contributed by atoms with Gasteiger partial charge in [0.1, 0.15) is 5.40 Å². The first kappa shape index (κ1) is 24.8. The second-order valence-corrected chi connectivity index (χ2v) is 4.08. The molecule has 2 aliphatic rings. The number of halogens is 3. The summed E-state index contributed by atoms with van der Waals surface area (Å²) in [6.07, 6.45) is 15.7. The molecular formula is C18H15F3NSTi. The standard InChI is InChI=1S/C7H4F3.2C5H5.CHNS.Ti/c8-7(9,10)6-4-2-1-3-5-6;2*1-2-4-5-3-1;2-1-3;/h1-4H;2*1-3H,4H2;3H;/q3*-1;;+3. The van der Waals surface area contributed by atoms with Gasteiger partial charge in [0.25, 0.3) is 0 Å². The third-order valence-corrected chi connectivity index (χ3v) is 2.19. The number of allylic oxidation sites excluding steroid dienone is 8. The molecule has 1 radical (unpaired) electrons. The van der Waals surface area contributed by atoms with Gasteiger partial charge >= 0.3 is 27.9 Å². The molecule has 0 saturated carbocycles. The first-order chi connectivity index (χ1) is 11.0. The zero-order valence-electron chi connectivity index (χ0n) is 12.7. The first-order valence-electron chi connectivity index (χ1n) is 6.53. The SMILES string of the molecule is FC(F)(F)c1[c-]cccc1.N#CS.[C-]1=CC=CC1.[C-]1=CC=CC1.[Ti+3]. The molecule has 0 heterocycles. The van der Waals surface area contributed by atoms with Crippen LogP contribution in [0.5, 0.6) is 0 Å². The molecule has 6 heteroatoms. The van der Waals surface area contributed by atoms with Crippen molar-refractivity contribution in [2.45, 2.75) is 19.0 Å². The molecule has 2 aliphatic carbocycles. The Kier molecular flexibility index (Phi) is 16.9. The molecule has 0 amide bonds. The van der Waals surface area contributed by atoms with Gasteiger partial charge in [-0.15, -0.1) is 12.8 Å². The number of nitrogens with zero attached hydrogens (tertiary/aromatic N) is 1. The van der Waals surface area contributed by atoms with Crippen LogP contribution in [0.25, 0.3) is 0 Å². The maximum atomic E-state index is 11.8. The first-order valence-corrected chi connectivity index (χ1v) is 6.97. The fourth-order valence-electron chi connectivity index (χ4n) is 1.25. The van der Waals surface area contributed by atoms with E-state index in [0.717, 1.165) is 18.9 Å². The van der Waals surface area contributed by atoms with Gasteiger partial charge in [0.2, 0.25) is 0 Å². The van der Waals surface area contributed by atoms with E-state index >= 15 is 0 Å². The van der Waals surface area contributed by atoms with Crippen LogP contribution in [-0.2, 0) is 27.9 Å². The summed E-state index contributed by atoms with van der Waals surface area (Å²) in [5.41, 5.74) is -0.727. The molecule has 24 heavy (non-hydrogen) atoms. The molecule has 0 fully saturated rings. The van der Waals surface area contributed by atoms with Gasteiger partial charge < -0.3 is 0 Å². The van der Waals surface area contributed by atoms with Crippen molar-refractivity contribution in [3.8, 4) is 5.40 Å². The number of hydrogen-bond acceptors (Lipinski definition) is 2. The van der Waals surface area contributed by atoms with E-state index in [0.29, 0.717) is 0 Å². The molecule has 0 bridgehead atoms. The van der Waals surface area contributed by atoms with Crippen LogP contribution in [-0.4, -0.2) is 0 Å². The third kappa shape index (κ3) is 15.4. The Balaban J connectivity index is 0. The van der Waals surface area contributed by atoms with Gasteiger partial charge in [-0.2, -0.15) is 60.9 Å². The van der Waals surface area contributed by atoms with Crippen molar-refractivity contribution >= 4 is 12.6 Å². The minimum Gasteiger partial charge on any atom is -0.273 e. The van der Waals surface area contributed by atoms with Crippen molar-refractivity contribution in [1.29, 1.82) is 5.26 Å². The minimum absolute atomic E-state index is 0. The Morgan fingerprint density at radius 3 is 1.71 bits per heavy atom. The molecule has 0 spiro atoms. The molecule has 0 atom stereocenters. The Bertz CT molecular complexity index is 528. The molecule has 1 nitrogen and oxygen atoms in total. The molecule has 123 valence electrons. The predicted molar refractivity (Wildman–Crippen MR) is 88.0 cm³/mol. The van der Waals surface area contributed by atoms with Crippen LogP contribution in [0.4, 0.5) is 13.2 Å². The molecule has 1 aromatic carbocycles. The smallest absolute Gasteiger partial charge is 0.273 e. The van der Waals surface area contributed by atoms with Crippen molar-refractivity contribution in [3.63, 3.8) is 0 Å². The fraction of sp³-hybridized carbons (Fsp3) is 0.167. The molecule has 3 rings (SSSR count). The quantitative estimate of drug-likeness (QED) is 0.272. The maximum Gasteiger partial charge on any atom is 3.00 e. The van der Waals surface area contributed by atoms with Crippen molar-refractivity contribution in [2.24, 2.45) is 0 Å². The fourth-order valence-corrected chi connectivity index (χ4v) is 1.25. The van der Waals surface area contributed by atoms with Crippen molar-refractivity contribution < 1.29 is 34.9 Å². The van der Waals surface area contributed by atoms with Gasteiger partial charge in [-0.3, -0.25) is 12.2 Å². The monoisotopic (exact) mass is 382 g/mol. The zero-order chi connectivity index (χ0) is 17.4. The average molecular weight is 382 g/mol. The summed E-state index contributed by atoms with van der Waals surface area (Å²) in [4.78, 5) is 0. The molecule has 0 aromatic heterocycles. The Labute approximate surface area is 161 Å². The summed E-state index contributed by atoms with van der Waals surface area (Å²) in [6, 6.07) is 7.14. The van der Waals surface area contributed by atoms with Crippen molar-refractivity contribution in [1.82, 2.24) is 0 Å². The Morgan fingerprint density at radius 2 is 1.54 bits per heavy atom. The molecule has 0 aliphatic heterocycles. The Hall–Kier alpha value is -1.48. The number of alkyl halides is 3. The molecule has 1 aromatic rings. The van der Waals surface area contributed by atoms with Crippen LogP contribution >= 0.6 is 12.6 Å². The van der Waals surface area contributed by atoms with E-state index in [1.807, 2.05) is 24.3 Å². The number of hydrogen-bond donors (Lipinski definition) is 1. The predicted octanol–water partition coefficient (Wildman–Crippen LogP) is 5.51. The average Bonchev–Trinajstić information content (AvgIpc) is 3.27. The molecule has 0 unspecified atom stereocenters. The summed E-state index contributed by atoms with van der Waals surface area (Å²) in [6.45, 7) is 0. The van der Waals surface area contributed by atoms with Gasteiger partial charge in [0, 0.05) is 0 Å². The summed E-state index contributed by atoms with van der Waals surface area (Å²) < 4.78 is 35.3. The number of rotatable bonds is 0. The molecular weight excluding hydrogens is 367 g/mol. The van der Waals surface area contributed by atoms with E-state index < -0.39 is 11.7 Å². The number of thiol groups is 1. The topological polar surface area (TPSA) is 23.8 Å². The molecule has 0 saturated heterocycles. The minimum atomic E-state index is -4.26. The normalized spacial score (nSPS) is 12.5. The van der Waals surface area contributed by atoms with Crippen LogP contribution in [0.3, 0.4) is 0 Å². The van der Waals surface area contributed by atoms with Crippen molar-refractivity contribution in [2.75, 3.05) is 0 Å². The Morgan fingerprint density at radius 1 is 1.04 bits per heavy atom. The van der Waals surface area contributed by atoms with Gasteiger partial charge in [-0.1, -0.05) is 18.2 Å². The second-order valence-electron chi connectivity index (χ2n) is 3.88.